The van der Waals surface area contributed by atoms with Crippen molar-refractivity contribution in [2.45, 2.75) is 26.7 Å². The van der Waals surface area contributed by atoms with Crippen molar-refractivity contribution >= 4 is 22.6 Å². The van der Waals surface area contributed by atoms with E-state index in [1.165, 1.54) is 7.11 Å². The molecule has 1 fully saturated rings. The summed E-state index contributed by atoms with van der Waals surface area (Å²) in [7, 11) is 1.43. The van der Waals surface area contributed by atoms with E-state index in [1.54, 1.807) is 6.20 Å². The zero-order valence-electron chi connectivity index (χ0n) is 14.3. The molecule has 0 radical (unpaired) electrons. The molecule has 24 heavy (non-hydrogen) atoms. The number of benzene rings is 1. The van der Waals surface area contributed by atoms with Crippen molar-refractivity contribution in [2.24, 2.45) is 5.92 Å². The largest absolute Gasteiger partial charge is 0.469 e. The second kappa shape index (κ2) is 6.48. The fourth-order valence-corrected chi connectivity index (χ4v) is 3.61. The van der Waals surface area contributed by atoms with Crippen LogP contribution in [-0.4, -0.2) is 31.2 Å². The van der Waals surface area contributed by atoms with Gasteiger partial charge in [-0.1, -0.05) is 11.6 Å². The van der Waals surface area contributed by atoms with Gasteiger partial charge in [-0.2, -0.15) is 5.26 Å². The molecule has 2 aromatic rings. The zero-order chi connectivity index (χ0) is 17.3. The van der Waals surface area contributed by atoms with Crippen LogP contribution in [0.3, 0.4) is 0 Å². The molecule has 3 rings (SSSR count). The van der Waals surface area contributed by atoms with Gasteiger partial charge in [-0.25, -0.2) is 0 Å². The molecule has 0 N–H and O–H groups in total. The van der Waals surface area contributed by atoms with Gasteiger partial charge in [0.2, 0.25) is 0 Å². The van der Waals surface area contributed by atoms with Gasteiger partial charge in [0.05, 0.1) is 29.8 Å². The normalized spacial score (nSPS) is 17.6. The van der Waals surface area contributed by atoms with Crippen molar-refractivity contribution in [1.82, 2.24) is 4.98 Å². The molecule has 1 atom stereocenters. The van der Waals surface area contributed by atoms with Crippen LogP contribution in [0.5, 0.6) is 0 Å². The summed E-state index contributed by atoms with van der Waals surface area (Å²) in [5, 5.41) is 10.5. The van der Waals surface area contributed by atoms with Crippen molar-refractivity contribution in [2.75, 3.05) is 25.1 Å². The smallest absolute Gasteiger partial charge is 0.310 e. The number of aromatic nitrogens is 1. The van der Waals surface area contributed by atoms with E-state index in [9.17, 15) is 10.1 Å². The number of fused-ring (bicyclic) bond motifs is 1. The summed E-state index contributed by atoms with van der Waals surface area (Å²) in [5.41, 5.74) is 4.59. The lowest BCUT2D eigenvalue weighted by Gasteiger charge is -2.34. The molecule has 1 saturated heterocycles. The number of piperidine rings is 1. The topological polar surface area (TPSA) is 66.2 Å². The number of methoxy groups -OCH3 is 1. The minimum atomic E-state index is -0.177. The monoisotopic (exact) mass is 323 g/mol. The first-order valence-corrected chi connectivity index (χ1v) is 8.18. The average Bonchev–Trinajstić information content (AvgIpc) is 2.59. The van der Waals surface area contributed by atoms with E-state index < -0.39 is 0 Å². The third kappa shape index (κ3) is 2.80. The van der Waals surface area contributed by atoms with Gasteiger partial charge in [-0.05, 0) is 38.3 Å². The Balaban J connectivity index is 2.13. The molecule has 124 valence electrons. The van der Waals surface area contributed by atoms with Crippen molar-refractivity contribution in [3.63, 3.8) is 0 Å². The number of ether oxygens (including phenoxy) is 1. The van der Waals surface area contributed by atoms with Gasteiger partial charge < -0.3 is 9.64 Å². The Morgan fingerprint density at radius 1 is 1.42 bits per heavy atom. The standard InChI is InChI=1S/C19H21N3O2/c1-12-7-13(2)17-16(8-12)18(15(9-20)10-21-17)22-6-4-5-14(11-22)19(23)24-3/h7-8,10,14H,4-6,11H2,1-3H3/t14-/m0/s1. The fourth-order valence-electron chi connectivity index (χ4n) is 3.61. The number of pyridine rings is 1. The van der Waals surface area contributed by atoms with E-state index in [0.29, 0.717) is 12.1 Å². The van der Waals surface area contributed by atoms with Gasteiger partial charge in [-0.3, -0.25) is 9.78 Å². The molecule has 0 unspecified atom stereocenters. The lowest BCUT2D eigenvalue weighted by molar-refractivity contribution is -0.145. The molecule has 5 nitrogen and oxygen atoms in total. The molecule has 1 aromatic carbocycles. The summed E-state index contributed by atoms with van der Waals surface area (Å²) < 4.78 is 4.91. The van der Waals surface area contributed by atoms with Crippen LogP contribution < -0.4 is 4.90 Å². The van der Waals surface area contributed by atoms with Crippen molar-refractivity contribution in [3.05, 3.63) is 35.0 Å². The van der Waals surface area contributed by atoms with Gasteiger partial charge in [0.25, 0.3) is 0 Å². The van der Waals surface area contributed by atoms with Gasteiger partial charge in [0, 0.05) is 24.7 Å². The summed E-state index contributed by atoms with van der Waals surface area (Å²) in [6.45, 7) is 5.48. The Morgan fingerprint density at radius 3 is 2.92 bits per heavy atom. The summed E-state index contributed by atoms with van der Waals surface area (Å²) in [6, 6.07) is 6.43. The number of nitrogens with zero attached hydrogens (tertiary/aromatic N) is 3. The lowest BCUT2D eigenvalue weighted by atomic mass is 9.95. The predicted molar refractivity (Wildman–Crippen MR) is 92.9 cm³/mol. The van der Waals surface area contributed by atoms with Gasteiger partial charge >= 0.3 is 5.97 Å². The Hall–Kier alpha value is -2.61. The maximum Gasteiger partial charge on any atom is 0.310 e. The highest BCUT2D eigenvalue weighted by atomic mass is 16.5. The molecular formula is C19H21N3O2. The Morgan fingerprint density at radius 2 is 2.21 bits per heavy atom. The fraction of sp³-hybridized carbons (Fsp3) is 0.421. The number of carbonyl (C=O) groups excluding carboxylic acids is 1. The number of rotatable bonds is 2. The van der Waals surface area contributed by atoms with E-state index >= 15 is 0 Å². The Bertz CT molecular complexity index is 839. The Labute approximate surface area is 141 Å². The van der Waals surface area contributed by atoms with E-state index in [4.69, 9.17) is 4.74 Å². The minimum Gasteiger partial charge on any atom is -0.469 e. The first-order chi connectivity index (χ1) is 11.5. The molecule has 0 spiro atoms. The van der Waals surface area contributed by atoms with Crippen LogP contribution in [0.15, 0.2) is 18.3 Å². The molecule has 0 aliphatic carbocycles. The van der Waals surface area contributed by atoms with Crippen molar-refractivity contribution in [1.29, 1.82) is 5.26 Å². The number of nitriles is 1. The summed E-state index contributed by atoms with van der Waals surface area (Å²) in [5.74, 6) is -0.326. The zero-order valence-corrected chi connectivity index (χ0v) is 14.3. The second-order valence-electron chi connectivity index (χ2n) is 6.42. The SMILES string of the molecule is COC(=O)[C@H]1CCCN(c2c(C#N)cnc3c(C)cc(C)cc23)C1. The number of hydrogen-bond acceptors (Lipinski definition) is 5. The van der Waals surface area contributed by atoms with Crippen molar-refractivity contribution < 1.29 is 9.53 Å². The maximum atomic E-state index is 11.9. The minimum absolute atomic E-state index is 0.149. The van der Waals surface area contributed by atoms with E-state index in [1.807, 2.05) is 13.8 Å². The quantitative estimate of drug-likeness (QED) is 0.795. The number of aryl methyl sites for hydroxylation is 2. The predicted octanol–water partition coefficient (Wildman–Crippen LogP) is 3.11. The average molecular weight is 323 g/mol. The second-order valence-corrected chi connectivity index (χ2v) is 6.42. The van der Waals surface area contributed by atoms with Crippen LogP contribution in [0.25, 0.3) is 10.9 Å². The lowest BCUT2D eigenvalue weighted by Crippen LogP contribution is -2.39. The van der Waals surface area contributed by atoms with Crippen LogP contribution in [0.1, 0.15) is 29.5 Å². The third-order valence-electron chi connectivity index (χ3n) is 4.67. The van der Waals surface area contributed by atoms with Gasteiger partial charge in [-0.15, -0.1) is 0 Å². The first-order valence-electron chi connectivity index (χ1n) is 8.18. The van der Waals surface area contributed by atoms with Crippen LogP contribution in [0.2, 0.25) is 0 Å². The van der Waals surface area contributed by atoms with Gasteiger partial charge in [0.1, 0.15) is 6.07 Å². The highest BCUT2D eigenvalue weighted by Crippen LogP contribution is 2.34. The third-order valence-corrected chi connectivity index (χ3v) is 4.67. The van der Waals surface area contributed by atoms with Crippen LogP contribution in [0, 0.1) is 31.1 Å². The highest BCUT2D eigenvalue weighted by molar-refractivity contribution is 5.96. The van der Waals surface area contributed by atoms with Gasteiger partial charge in [0.15, 0.2) is 0 Å². The Kier molecular flexibility index (Phi) is 4.39. The molecule has 1 aromatic heterocycles. The number of esters is 1. The molecule has 2 heterocycles. The number of anilines is 1. The summed E-state index contributed by atoms with van der Waals surface area (Å²) in [6.07, 6.45) is 3.37. The number of carbonyl (C=O) groups is 1. The van der Waals surface area contributed by atoms with E-state index in [0.717, 1.165) is 47.1 Å². The van der Waals surface area contributed by atoms with E-state index in [-0.39, 0.29) is 11.9 Å². The summed E-state index contributed by atoms with van der Waals surface area (Å²) in [4.78, 5) is 18.6. The maximum absolute atomic E-state index is 11.9. The molecule has 1 aliphatic rings. The first kappa shape index (κ1) is 16.3. The van der Waals surface area contributed by atoms with Crippen LogP contribution in [-0.2, 0) is 9.53 Å². The molecule has 0 amide bonds. The van der Waals surface area contributed by atoms with Crippen LogP contribution >= 0.6 is 0 Å². The molecular weight excluding hydrogens is 302 g/mol. The van der Waals surface area contributed by atoms with E-state index in [2.05, 4.69) is 28.1 Å². The van der Waals surface area contributed by atoms with Crippen molar-refractivity contribution in [3.8, 4) is 6.07 Å². The molecule has 5 heteroatoms. The van der Waals surface area contributed by atoms with Crippen LogP contribution in [0.4, 0.5) is 5.69 Å². The summed E-state index contributed by atoms with van der Waals surface area (Å²) >= 11 is 0. The molecule has 0 saturated carbocycles. The highest BCUT2D eigenvalue weighted by Gasteiger charge is 2.29. The molecule has 1 aliphatic heterocycles. The molecule has 0 bridgehead atoms. The number of hydrogen-bond donors (Lipinski definition) is 0.